The number of nitrogens with zero attached hydrogens (tertiary/aromatic N) is 6. The Kier molecular flexibility index (Phi) is 11.9. The standard InChI is InChI=1S/C66H44N6/c1-5-18-45(19-6-1)46-36-38-47(39-37-46)51-26-15-33-58(42-51)65-70-63(50-24-11-4-12-25-50)71-66(72-65)60-35-17-32-57(44-60)55-30-14-28-53(41-55)52-27-13-29-54(40-52)56-31-16-34-59(43-56)64-68-61(48-20-7-2-8-21-48)67-62(69-64)49-22-9-3-10-23-49/h1-44H. The average molecular weight is 921 g/mol. The summed E-state index contributed by atoms with van der Waals surface area (Å²) in [4.78, 5) is 30.2. The molecular formula is C66H44N6. The first-order valence-electron chi connectivity index (χ1n) is 24.0. The lowest BCUT2D eigenvalue weighted by molar-refractivity contribution is 1.07. The summed E-state index contributed by atoms with van der Waals surface area (Å²) in [7, 11) is 0. The molecule has 0 saturated heterocycles. The highest BCUT2D eigenvalue weighted by atomic mass is 15.0. The fraction of sp³-hybridized carbons (Fsp3) is 0. The summed E-state index contributed by atoms with van der Waals surface area (Å²) in [6.45, 7) is 0. The summed E-state index contributed by atoms with van der Waals surface area (Å²) in [5, 5.41) is 0. The van der Waals surface area contributed by atoms with Crippen molar-refractivity contribution < 1.29 is 0 Å². The van der Waals surface area contributed by atoms with Crippen LogP contribution in [0.5, 0.6) is 0 Å². The van der Waals surface area contributed by atoms with Gasteiger partial charge in [0.2, 0.25) is 0 Å². The lowest BCUT2D eigenvalue weighted by Gasteiger charge is -2.12. The Morgan fingerprint density at radius 1 is 0.125 bits per heavy atom. The van der Waals surface area contributed by atoms with E-state index in [1.807, 2.05) is 97.1 Å². The van der Waals surface area contributed by atoms with Crippen LogP contribution in [-0.4, -0.2) is 29.9 Å². The van der Waals surface area contributed by atoms with Gasteiger partial charge in [-0.2, -0.15) is 0 Å². The van der Waals surface area contributed by atoms with Crippen LogP contribution in [0.3, 0.4) is 0 Å². The predicted octanol–water partition coefficient (Wildman–Crippen LogP) is 16.4. The first kappa shape index (κ1) is 43.5. The number of benzene rings is 10. The zero-order chi connectivity index (χ0) is 48.1. The summed E-state index contributed by atoms with van der Waals surface area (Å²) >= 11 is 0. The highest BCUT2D eigenvalue weighted by molar-refractivity contribution is 5.81. The van der Waals surface area contributed by atoms with Gasteiger partial charge in [-0.25, -0.2) is 29.9 Å². The van der Waals surface area contributed by atoms with Crippen molar-refractivity contribution in [1.82, 2.24) is 29.9 Å². The van der Waals surface area contributed by atoms with Crippen molar-refractivity contribution in [2.45, 2.75) is 0 Å². The molecule has 10 aromatic carbocycles. The molecule has 2 heterocycles. The van der Waals surface area contributed by atoms with Crippen LogP contribution in [0, 0.1) is 0 Å². The molecule has 0 N–H and O–H groups in total. The normalized spacial score (nSPS) is 11.1. The molecule has 0 amide bonds. The molecule has 0 bridgehead atoms. The van der Waals surface area contributed by atoms with E-state index >= 15 is 0 Å². The van der Waals surface area contributed by atoms with E-state index in [0.717, 1.165) is 77.9 Å². The quantitative estimate of drug-likeness (QED) is 0.129. The van der Waals surface area contributed by atoms with E-state index in [1.54, 1.807) is 0 Å². The third kappa shape index (κ3) is 9.36. The molecule has 0 aliphatic carbocycles. The molecule has 338 valence electrons. The fourth-order valence-electron chi connectivity index (χ4n) is 9.04. The number of hydrogen-bond donors (Lipinski definition) is 0. The van der Waals surface area contributed by atoms with Crippen molar-refractivity contribution in [3.8, 4) is 124 Å². The Hall–Kier alpha value is -9.78. The van der Waals surface area contributed by atoms with Crippen molar-refractivity contribution in [2.75, 3.05) is 0 Å². The minimum absolute atomic E-state index is 0.606. The molecule has 6 heteroatoms. The Morgan fingerprint density at radius 3 is 0.569 bits per heavy atom. The maximum absolute atomic E-state index is 5.15. The molecule has 0 atom stereocenters. The van der Waals surface area contributed by atoms with Crippen molar-refractivity contribution >= 4 is 0 Å². The molecule has 0 unspecified atom stereocenters. The zero-order valence-electron chi connectivity index (χ0n) is 39.1. The van der Waals surface area contributed by atoms with Crippen LogP contribution in [0.4, 0.5) is 0 Å². The molecule has 0 aliphatic heterocycles. The predicted molar refractivity (Wildman–Crippen MR) is 293 cm³/mol. The van der Waals surface area contributed by atoms with E-state index in [4.69, 9.17) is 29.9 Å². The number of hydrogen-bond acceptors (Lipinski definition) is 6. The van der Waals surface area contributed by atoms with Gasteiger partial charge in [0.1, 0.15) is 0 Å². The van der Waals surface area contributed by atoms with Crippen LogP contribution in [-0.2, 0) is 0 Å². The van der Waals surface area contributed by atoms with Crippen LogP contribution in [0.1, 0.15) is 0 Å². The third-order valence-corrected chi connectivity index (χ3v) is 12.8. The monoisotopic (exact) mass is 920 g/mol. The Balaban J connectivity index is 0.852. The molecule has 12 rings (SSSR count). The Morgan fingerprint density at radius 2 is 0.292 bits per heavy atom. The van der Waals surface area contributed by atoms with E-state index in [9.17, 15) is 0 Å². The van der Waals surface area contributed by atoms with E-state index < -0.39 is 0 Å². The SMILES string of the molecule is c1ccc(-c2ccc(-c3cccc(-c4nc(-c5ccccc5)nc(-c5cccc(-c6cccc(-c7cccc(-c8cccc(-c9nc(-c%10ccccc%10)nc(-c%10ccccc%10)n9)c8)c7)c6)c5)n4)c3)cc2)cc1. The largest absolute Gasteiger partial charge is 0.208 e. The number of aromatic nitrogens is 6. The van der Waals surface area contributed by atoms with E-state index in [-0.39, 0.29) is 0 Å². The zero-order valence-corrected chi connectivity index (χ0v) is 39.1. The van der Waals surface area contributed by atoms with E-state index in [1.165, 1.54) is 11.1 Å². The minimum atomic E-state index is 0.606. The van der Waals surface area contributed by atoms with Gasteiger partial charge >= 0.3 is 0 Å². The smallest absolute Gasteiger partial charge is 0.164 e. The Labute approximate surface area is 418 Å². The summed E-state index contributed by atoms with van der Waals surface area (Å²) in [5.74, 6) is 3.73. The second-order valence-corrected chi connectivity index (χ2v) is 17.6. The van der Waals surface area contributed by atoms with Crippen molar-refractivity contribution in [2.24, 2.45) is 0 Å². The van der Waals surface area contributed by atoms with Crippen molar-refractivity contribution in [3.63, 3.8) is 0 Å². The van der Waals surface area contributed by atoms with E-state index in [0.29, 0.717) is 34.9 Å². The van der Waals surface area contributed by atoms with Crippen LogP contribution in [0.25, 0.3) is 124 Å². The second-order valence-electron chi connectivity index (χ2n) is 17.6. The van der Waals surface area contributed by atoms with Gasteiger partial charge in [0, 0.05) is 33.4 Å². The molecule has 0 fully saturated rings. The van der Waals surface area contributed by atoms with Gasteiger partial charge in [0.15, 0.2) is 34.9 Å². The van der Waals surface area contributed by atoms with Crippen LogP contribution < -0.4 is 0 Å². The molecule has 6 nitrogen and oxygen atoms in total. The maximum atomic E-state index is 5.15. The highest BCUT2D eigenvalue weighted by Crippen LogP contribution is 2.35. The van der Waals surface area contributed by atoms with Gasteiger partial charge in [0.25, 0.3) is 0 Å². The van der Waals surface area contributed by atoms with Crippen LogP contribution in [0.15, 0.2) is 267 Å². The van der Waals surface area contributed by atoms with Gasteiger partial charge in [-0.3, -0.25) is 0 Å². The van der Waals surface area contributed by atoms with Gasteiger partial charge in [-0.15, -0.1) is 0 Å². The molecule has 72 heavy (non-hydrogen) atoms. The first-order valence-corrected chi connectivity index (χ1v) is 24.0. The molecule has 0 saturated carbocycles. The van der Waals surface area contributed by atoms with E-state index in [2.05, 4.69) is 170 Å². The lowest BCUT2D eigenvalue weighted by atomic mass is 9.95. The molecule has 12 aromatic rings. The summed E-state index contributed by atoms with van der Waals surface area (Å²) in [6.07, 6.45) is 0. The molecule has 2 aromatic heterocycles. The average Bonchev–Trinajstić information content (AvgIpc) is 3.48. The molecular weight excluding hydrogens is 877 g/mol. The highest BCUT2D eigenvalue weighted by Gasteiger charge is 2.16. The minimum Gasteiger partial charge on any atom is -0.208 e. The Bertz CT molecular complexity index is 3780. The van der Waals surface area contributed by atoms with Crippen molar-refractivity contribution in [3.05, 3.63) is 267 Å². The second kappa shape index (κ2) is 19.7. The summed E-state index contributed by atoms with van der Waals surface area (Å²) in [5.41, 5.74) is 16.6. The topological polar surface area (TPSA) is 77.3 Å². The first-order chi connectivity index (χ1) is 35.6. The van der Waals surface area contributed by atoms with Crippen LogP contribution in [0.2, 0.25) is 0 Å². The van der Waals surface area contributed by atoms with Gasteiger partial charge in [-0.05, 0) is 86.0 Å². The third-order valence-electron chi connectivity index (χ3n) is 12.8. The summed E-state index contributed by atoms with van der Waals surface area (Å²) in [6, 6.07) is 92.1. The summed E-state index contributed by atoms with van der Waals surface area (Å²) < 4.78 is 0. The van der Waals surface area contributed by atoms with Crippen molar-refractivity contribution in [1.29, 1.82) is 0 Å². The lowest BCUT2D eigenvalue weighted by Crippen LogP contribution is -2.00. The fourth-order valence-corrected chi connectivity index (χ4v) is 9.04. The van der Waals surface area contributed by atoms with Gasteiger partial charge < -0.3 is 0 Å². The maximum Gasteiger partial charge on any atom is 0.164 e. The van der Waals surface area contributed by atoms with Crippen LogP contribution >= 0.6 is 0 Å². The van der Waals surface area contributed by atoms with Gasteiger partial charge in [0.05, 0.1) is 0 Å². The molecule has 0 radical (unpaired) electrons. The molecule has 0 spiro atoms. The molecule has 0 aliphatic rings. The van der Waals surface area contributed by atoms with Gasteiger partial charge in [-0.1, -0.05) is 237 Å². The number of rotatable bonds is 11.